The third kappa shape index (κ3) is 4.66. The van der Waals surface area contributed by atoms with Crippen molar-refractivity contribution in [3.8, 4) is 0 Å². The summed E-state index contributed by atoms with van der Waals surface area (Å²) in [5.74, 6) is -0.158. The molecule has 3 N–H and O–H groups in total. The minimum atomic E-state index is -0.490. The van der Waals surface area contributed by atoms with E-state index in [-0.39, 0.29) is 24.8 Å². The van der Waals surface area contributed by atoms with Crippen LogP contribution in [0.1, 0.15) is 24.2 Å². The zero-order chi connectivity index (χ0) is 14.3. The number of carbonyl (C=O) groups is 1. The van der Waals surface area contributed by atoms with E-state index in [4.69, 9.17) is 9.84 Å². The summed E-state index contributed by atoms with van der Waals surface area (Å²) in [7, 11) is 0. The van der Waals surface area contributed by atoms with Crippen LogP contribution in [-0.4, -0.2) is 46.6 Å². The average molecular weight is 286 g/mol. The Morgan fingerprint density at radius 1 is 1.63 bits per heavy atom. The number of nitrogens with one attached hydrogen (secondary N) is 2. The van der Waals surface area contributed by atoms with Gasteiger partial charge in [0.25, 0.3) is 0 Å². The smallest absolute Gasteiger partial charge is 0.343 e. The van der Waals surface area contributed by atoms with E-state index in [2.05, 4.69) is 20.8 Å². The second kappa shape index (κ2) is 7.93. The second-order valence-corrected chi connectivity index (χ2v) is 4.47. The molecule has 1 atom stereocenters. The summed E-state index contributed by atoms with van der Waals surface area (Å²) in [5.41, 5.74) is 5.88. The highest BCUT2D eigenvalue weighted by Crippen LogP contribution is 2.16. The Hall–Kier alpha value is -1.38. The molecule has 0 aromatic carbocycles. The summed E-state index contributed by atoms with van der Waals surface area (Å²) in [6, 6.07) is -0.178. The molecule has 1 rings (SSSR count). The van der Waals surface area contributed by atoms with Crippen molar-refractivity contribution in [1.82, 2.24) is 15.4 Å². The minimum Gasteiger partial charge on any atom is -0.462 e. The molecule has 1 unspecified atom stereocenters. The highest BCUT2D eigenvalue weighted by Gasteiger charge is 2.16. The molecule has 0 saturated heterocycles. The molecule has 19 heavy (non-hydrogen) atoms. The molecule has 0 saturated carbocycles. The predicted octanol–water partition coefficient (Wildman–Crippen LogP) is 0.672. The number of esters is 1. The topological polar surface area (TPSA) is 96.4 Å². The highest BCUT2D eigenvalue weighted by molar-refractivity contribution is 7.98. The molecule has 1 aromatic heterocycles. The Morgan fingerprint density at radius 2 is 2.37 bits per heavy atom. The van der Waals surface area contributed by atoms with Gasteiger partial charge in [-0.05, 0) is 20.1 Å². The van der Waals surface area contributed by atoms with E-state index < -0.39 is 5.97 Å². The van der Waals surface area contributed by atoms with Gasteiger partial charge in [-0.2, -0.15) is 0 Å². The maximum absolute atomic E-state index is 11.8. The Kier molecular flexibility index (Phi) is 6.54. The molecule has 8 heteroatoms. The lowest BCUT2D eigenvalue weighted by Crippen LogP contribution is -2.35. The standard InChI is InChI=1S/C11H18N4O3S/c1-4-18-10(17)8-5-12-11(19-3)13-9(8)15-14-7(2)6-16/h5,7,14,16H,4,6H2,1-3H3,(H,12,13,15). The van der Waals surface area contributed by atoms with E-state index >= 15 is 0 Å². The van der Waals surface area contributed by atoms with Gasteiger partial charge in [-0.25, -0.2) is 20.2 Å². The summed E-state index contributed by atoms with van der Waals surface area (Å²) >= 11 is 1.37. The Labute approximate surface area is 116 Å². The Morgan fingerprint density at radius 3 is 2.95 bits per heavy atom. The summed E-state index contributed by atoms with van der Waals surface area (Å²) in [6.07, 6.45) is 3.26. The van der Waals surface area contributed by atoms with Crippen molar-refractivity contribution in [3.63, 3.8) is 0 Å². The van der Waals surface area contributed by atoms with Gasteiger partial charge >= 0.3 is 5.97 Å². The summed E-state index contributed by atoms with van der Waals surface area (Å²) < 4.78 is 4.93. The molecule has 0 aliphatic heterocycles. The minimum absolute atomic E-state index is 0.0395. The number of nitrogens with zero attached hydrogens (tertiary/aromatic N) is 2. The van der Waals surface area contributed by atoms with Crippen molar-refractivity contribution in [2.24, 2.45) is 0 Å². The van der Waals surface area contributed by atoms with Crippen molar-refractivity contribution in [2.75, 3.05) is 24.9 Å². The normalized spacial score (nSPS) is 12.0. The molecule has 106 valence electrons. The zero-order valence-electron chi connectivity index (χ0n) is 11.1. The lowest BCUT2D eigenvalue weighted by molar-refractivity contribution is 0.0526. The first-order valence-electron chi connectivity index (χ1n) is 5.82. The highest BCUT2D eigenvalue weighted by atomic mass is 32.2. The van der Waals surface area contributed by atoms with Crippen molar-refractivity contribution in [1.29, 1.82) is 0 Å². The number of thioether (sulfide) groups is 1. The van der Waals surface area contributed by atoms with Crippen LogP contribution in [0, 0.1) is 0 Å². The fourth-order valence-electron chi connectivity index (χ4n) is 1.15. The van der Waals surface area contributed by atoms with E-state index in [1.54, 1.807) is 13.8 Å². The number of anilines is 1. The van der Waals surface area contributed by atoms with Crippen molar-refractivity contribution in [3.05, 3.63) is 11.8 Å². The SMILES string of the molecule is CCOC(=O)c1cnc(SC)nc1NNC(C)CO. The number of ether oxygens (including phenoxy) is 1. The van der Waals surface area contributed by atoms with Crippen LogP contribution in [0.15, 0.2) is 11.4 Å². The maximum atomic E-state index is 11.8. The van der Waals surface area contributed by atoms with E-state index in [1.165, 1.54) is 18.0 Å². The van der Waals surface area contributed by atoms with Crippen molar-refractivity contribution >= 4 is 23.5 Å². The summed E-state index contributed by atoms with van der Waals surface area (Å²) in [5, 5.41) is 9.48. The number of rotatable bonds is 7. The predicted molar refractivity (Wildman–Crippen MR) is 73.1 cm³/mol. The molecule has 0 amide bonds. The van der Waals surface area contributed by atoms with Crippen LogP contribution < -0.4 is 10.9 Å². The summed E-state index contributed by atoms with van der Waals surface area (Å²) in [6.45, 7) is 3.76. The number of aromatic nitrogens is 2. The fourth-order valence-corrected chi connectivity index (χ4v) is 1.50. The first kappa shape index (κ1) is 15.7. The van der Waals surface area contributed by atoms with Gasteiger partial charge in [-0.3, -0.25) is 0 Å². The van der Waals surface area contributed by atoms with Crippen LogP contribution >= 0.6 is 11.8 Å². The van der Waals surface area contributed by atoms with Crippen LogP contribution in [0.5, 0.6) is 0 Å². The Balaban J connectivity index is 2.92. The lowest BCUT2D eigenvalue weighted by Gasteiger charge is -2.15. The van der Waals surface area contributed by atoms with Crippen LogP contribution in [-0.2, 0) is 4.74 Å². The second-order valence-electron chi connectivity index (χ2n) is 3.69. The maximum Gasteiger partial charge on any atom is 0.343 e. The molecule has 1 aromatic rings. The van der Waals surface area contributed by atoms with Crippen LogP contribution in [0.4, 0.5) is 5.82 Å². The zero-order valence-corrected chi connectivity index (χ0v) is 12.0. The van der Waals surface area contributed by atoms with Gasteiger partial charge in [-0.15, -0.1) is 0 Å². The van der Waals surface area contributed by atoms with E-state index in [1.807, 2.05) is 6.26 Å². The molecule has 7 nitrogen and oxygen atoms in total. The summed E-state index contributed by atoms with van der Waals surface area (Å²) in [4.78, 5) is 20.0. The van der Waals surface area contributed by atoms with E-state index in [0.29, 0.717) is 11.0 Å². The lowest BCUT2D eigenvalue weighted by atomic mass is 10.3. The number of hydrazine groups is 1. The van der Waals surface area contributed by atoms with Gasteiger partial charge in [0.2, 0.25) is 0 Å². The molecule has 0 fully saturated rings. The molecule has 0 aliphatic rings. The van der Waals surface area contributed by atoms with Crippen LogP contribution in [0.3, 0.4) is 0 Å². The van der Waals surface area contributed by atoms with Crippen molar-refractivity contribution in [2.45, 2.75) is 25.0 Å². The van der Waals surface area contributed by atoms with Crippen LogP contribution in [0.25, 0.3) is 0 Å². The Bertz CT molecular complexity index is 430. The van der Waals surface area contributed by atoms with Crippen molar-refractivity contribution < 1.29 is 14.6 Å². The third-order valence-electron chi connectivity index (χ3n) is 2.16. The van der Waals surface area contributed by atoms with E-state index in [9.17, 15) is 4.79 Å². The molecule has 0 spiro atoms. The first-order chi connectivity index (χ1) is 9.12. The number of aliphatic hydroxyl groups excluding tert-OH is 1. The third-order valence-corrected chi connectivity index (χ3v) is 2.72. The molecular formula is C11H18N4O3S. The van der Waals surface area contributed by atoms with Gasteiger partial charge < -0.3 is 15.3 Å². The molecule has 0 aliphatic carbocycles. The monoisotopic (exact) mass is 286 g/mol. The van der Waals surface area contributed by atoms with E-state index in [0.717, 1.165) is 0 Å². The van der Waals surface area contributed by atoms with Gasteiger partial charge in [0.15, 0.2) is 11.0 Å². The number of hydrogen-bond donors (Lipinski definition) is 3. The van der Waals surface area contributed by atoms with Gasteiger partial charge in [0, 0.05) is 12.2 Å². The first-order valence-corrected chi connectivity index (χ1v) is 7.05. The molecule has 1 heterocycles. The number of aliphatic hydroxyl groups is 1. The number of hydrogen-bond acceptors (Lipinski definition) is 8. The van der Waals surface area contributed by atoms with Gasteiger partial charge in [-0.1, -0.05) is 11.8 Å². The van der Waals surface area contributed by atoms with Gasteiger partial charge in [0.05, 0.1) is 13.2 Å². The quantitative estimate of drug-likeness (QED) is 0.291. The average Bonchev–Trinajstić information content (AvgIpc) is 2.44. The largest absolute Gasteiger partial charge is 0.462 e. The molecule has 0 bridgehead atoms. The molecule has 0 radical (unpaired) electrons. The number of carbonyl (C=O) groups excluding carboxylic acids is 1. The van der Waals surface area contributed by atoms with Crippen LogP contribution in [0.2, 0.25) is 0 Å². The van der Waals surface area contributed by atoms with Gasteiger partial charge in [0.1, 0.15) is 5.56 Å². The molecular weight excluding hydrogens is 268 g/mol. The fraction of sp³-hybridized carbons (Fsp3) is 0.545.